The number of hydrogen-bond acceptors (Lipinski definition) is 7. The van der Waals surface area contributed by atoms with Crippen LogP contribution in [0.5, 0.6) is 0 Å². The number of ether oxygens (including phenoxy) is 1. The highest BCUT2D eigenvalue weighted by Crippen LogP contribution is 2.25. The van der Waals surface area contributed by atoms with E-state index >= 15 is 0 Å². The van der Waals surface area contributed by atoms with Gasteiger partial charge in [-0.2, -0.15) is 0 Å². The first-order valence-corrected chi connectivity index (χ1v) is 9.23. The van der Waals surface area contributed by atoms with Crippen LogP contribution in [0.1, 0.15) is 37.7 Å². The van der Waals surface area contributed by atoms with Crippen molar-refractivity contribution in [2.75, 3.05) is 12.9 Å². The standard InChI is InChI=1S/C19H19N3O4S/c1-10-5-7-13(8-6-10)17-21-22-19(26-17)27-9-14(23)16-11(2)15(12(3)20-16)18(24)25-4/h5-8,20H,9H2,1-4H3. The molecular weight excluding hydrogens is 366 g/mol. The molecule has 2 aromatic heterocycles. The number of ketones is 1. The Morgan fingerprint density at radius 3 is 2.52 bits per heavy atom. The van der Waals surface area contributed by atoms with Gasteiger partial charge >= 0.3 is 5.97 Å². The third-order valence-corrected chi connectivity index (χ3v) is 4.96. The summed E-state index contributed by atoms with van der Waals surface area (Å²) >= 11 is 1.15. The van der Waals surface area contributed by atoms with Gasteiger partial charge in [-0.3, -0.25) is 4.79 Å². The van der Waals surface area contributed by atoms with E-state index in [-0.39, 0.29) is 11.5 Å². The molecule has 8 heteroatoms. The van der Waals surface area contributed by atoms with Gasteiger partial charge in [0.1, 0.15) is 0 Å². The zero-order valence-corrected chi connectivity index (χ0v) is 16.3. The summed E-state index contributed by atoms with van der Waals surface area (Å²) in [4.78, 5) is 27.3. The first-order valence-electron chi connectivity index (χ1n) is 8.24. The third kappa shape index (κ3) is 3.95. The topological polar surface area (TPSA) is 98.1 Å². The molecule has 0 aliphatic rings. The molecule has 0 bridgehead atoms. The molecule has 0 fully saturated rings. The van der Waals surface area contributed by atoms with Crippen LogP contribution in [0.4, 0.5) is 0 Å². The Hall–Kier alpha value is -2.87. The van der Waals surface area contributed by atoms with Crippen LogP contribution >= 0.6 is 11.8 Å². The lowest BCUT2D eigenvalue weighted by molar-refractivity contribution is 0.0599. The van der Waals surface area contributed by atoms with Gasteiger partial charge in [-0.15, -0.1) is 10.2 Å². The smallest absolute Gasteiger partial charge is 0.339 e. The minimum atomic E-state index is -0.465. The molecule has 3 rings (SSSR count). The van der Waals surface area contributed by atoms with Crippen LogP contribution < -0.4 is 0 Å². The molecule has 0 amide bonds. The quantitative estimate of drug-likeness (QED) is 0.392. The summed E-state index contributed by atoms with van der Waals surface area (Å²) in [5.74, 6) is -0.111. The number of aromatic amines is 1. The van der Waals surface area contributed by atoms with E-state index in [0.717, 1.165) is 22.9 Å². The summed E-state index contributed by atoms with van der Waals surface area (Å²) in [7, 11) is 1.31. The number of benzene rings is 1. The van der Waals surface area contributed by atoms with Crippen LogP contribution in [-0.4, -0.2) is 39.8 Å². The molecule has 0 spiro atoms. The molecule has 7 nitrogen and oxygen atoms in total. The van der Waals surface area contributed by atoms with Gasteiger partial charge < -0.3 is 14.1 Å². The van der Waals surface area contributed by atoms with Crippen molar-refractivity contribution in [2.24, 2.45) is 0 Å². The Kier molecular flexibility index (Phi) is 5.46. The molecule has 27 heavy (non-hydrogen) atoms. The number of thioether (sulfide) groups is 1. The van der Waals surface area contributed by atoms with E-state index in [9.17, 15) is 9.59 Å². The third-order valence-electron chi connectivity index (χ3n) is 4.14. The second-order valence-electron chi connectivity index (χ2n) is 6.07. The number of esters is 1. The number of nitrogens with one attached hydrogen (secondary N) is 1. The maximum atomic E-state index is 12.5. The monoisotopic (exact) mass is 385 g/mol. The number of H-pyrrole nitrogens is 1. The Labute approximate surface area is 160 Å². The summed E-state index contributed by atoms with van der Waals surface area (Å²) in [6.45, 7) is 5.45. The van der Waals surface area contributed by atoms with E-state index in [1.54, 1.807) is 13.8 Å². The lowest BCUT2D eigenvalue weighted by Gasteiger charge is -2.00. The van der Waals surface area contributed by atoms with Crippen molar-refractivity contribution in [2.45, 2.75) is 26.0 Å². The molecule has 0 saturated carbocycles. The predicted octanol–water partition coefficient (Wildman–Crippen LogP) is 3.75. The first kappa shape index (κ1) is 18.9. The molecule has 2 heterocycles. The molecule has 0 aliphatic heterocycles. The van der Waals surface area contributed by atoms with Gasteiger partial charge in [-0.05, 0) is 38.5 Å². The van der Waals surface area contributed by atoms with Crippen LogP contribution in [-0.2, 0) is 4.74 Å². The lowest BCUT2D eigenvalue weighted by atomic mass is 10.1. The lowest BCUT2D eigenvalue weighted by Crippen LogP contribution is -2.07. The van der Waals surface area contributed by atoms with E-state index in [1.165, 1.54) is 7.11 Å². The van der Waals surface area contributed by atoms with Crippen molar-refractivity contribution >= 4 is 23.5 Å². The fourth-order valence-corrected chi connectivity index (χ4v) is 3.35. The zero-order chi connectivity index (χ0) is 19.6. The molecule has 1 aromatic carbocycles. The number of carbonyl (C=O) groups is 2. The van der Waals surface area contributed by atoms with Gasteiger partial charge in [-0.25, -0.2) is 4.79 Å². The minimum absolute atomic E-state index is 0.108. The van der Waals surface area contributed by atoms with Crippen LogP contribution in [0.3, 0.4) is 0 Å². The Bertz CT molecular complexity index is 989. The van der Waals surface area contributed by atoms with Crippen molar-refractivity contribution in [3.05, 3.63) is 52.3 Å². The Morgan fingerprint density at radius 1 is 1.15 bits per heavy atom. The van der Waals surface area contributed by atoms with E-state index in [1.807, 2.05) is 31.2 Å². The number of nitrogens with zero attached hydrogens (tertiary/aromatic N) is 2. The summed E-state index contributed by atoms with van der Waals surface area (Å²) < 4.78 is 10.4. The second-order valence-corrected chi connectivity index (χ2v) is 6.99. The molecule has 0 unspecified atom stereocenters. The van der Waals surface area contributed by atoms with Crippen LogP contribution in [0.15, 0.2) is 33.9 Å². The van der Waals surface area contributed by atoms with E-state index < -0.39 is 5.97 Å². The highest BCUT2D eigenvalue weighted by Gasteiger charge is 2.23. The van der Waals surface area contributed by atoms with E-state index in [2.05, 4.69) is 15.2 Å². The summed E-state index contributed by atoms with van der Waals surface area (Å²) in [6, 6.07) is 7.74. The number of hydrogen-bond donors (Lipinski definition) is 1. The number of carbonyl (C=O) groups excluding carboxylic acids is 2. The van der Waals surface area contributed by atoms with Crippen molar-refractivity contribution in [3.63, 3.8) is 0 Å². The van der Waals surface area contributed by atoms with E-state index in [4.69, 9.17) is 9.15 Å². The van der Waals surface area contributed by atoms with Crippen LogP contribution in [0.2, 0.25) is 0 Å². The maximum absolute atomic E-state index is 12.5. The number of Topliss-reactive ketones (excluding diaryl/α,β-unsaturated/α-hetero) is 1. The Morgan fingerprint density at radius 2 is 1.85 bits per heavy atom. The molecule has 0 atom stereocenters. The second kappa shape index (κ2) is 7.79. The fourth-order valence-electron chi connectivity index (χ4n) is 2.72. The average molecular weight is 385 g/mol. The SMILES string of the molecule is COC(=O)c1c(C)[nH]c(C(=O)CSc2nnc(-c3ccc(C)cc3)o2)c1C. The molecule has 0 aliphatic carbocycles. The number of aryl methyl sites for hydroxylation is 2. The molecular formula is C19H19N3O4S. The molecule has 0 saturated heterocycles. The average Bonchev–Trinajstić information content (AvgIpc) is 3.24. The fraction of sp³-hybridized carbons (Fsp3) is 0.263. The maximum Gasteiger partial charge on any atom is 0.339 e. The zero-order valence-electron chi connectivity index (χ0n) is 15.5. The summed E-state index contributed by atoms with van der Waals surface area (Å²) in [5, 5.41) is 8.31. The van der Waals surface area contributed by atoms with Crippen LogP contribution in [0.25, 0.3) is 11.5 Å². The minimum Gasteiger partial charge on any atom is -0.465 e. The normalized spacial score (nSPS) is 10.8. The summed E-state index contributed by atoms with van der Waals surface area (Å²) in [6.07, 6.45) is 0. The predicted molar refractivity (Wildman–Crippen MR) is 101 cm³/mol. The van der Waals surface area contributed by atoms with Crippen molar-refractivity contribution in [1.82, 2.24) is 15.2 Å². The molecule has 140 valence electrons. The van der Waals surface area contributed by atoms with Crippen LogP contribution in [0, 0.1) is 20.8 Å². The van der Waals surface area contributed by atoms with Gasteiger partial charge in [0, 0.05) is 11.3 Å². The van der Waals surface area contributed by atoms with E-state index in [0.29, 0.717) is 33.6 Å². The van der Waals surface area contributed by atoms with Gasteiger partial charge in [0.15, 0.2) is 5.78 Å². The van der Waals surface area contributed by atoms with Crippen molar-refractivity contribution < 1.29 is 18.7 Å². The number of rotatable bonds is 6. The first-order chi connectivity index (χ1) is 12.9. The van der Waals surface area contributed by atoms with Gasteiger partial charge in [0.05, 0.1) is 24.1 Å². The van der Waals surface area contributed by atoms with Gasteiger partial charge in [0.25, 0.3) is 5.22 Å². The Balaban J connectivity index is 1.70. The molecule has 3 aromatic rings. The van der Waals surface area contributed by atoms with Gasteiger partial charge in [-0.1, -0.05) is 29.5 Å². The van der Waals surface area contributed by atoms with Gasteiger partial charge in [0.2, 0.25) is 5.89 Å². The number of methoxy groups -OCH3 is 1. The van der Waals surface area contributed by atoms with Crippen molar-refractivity contribution in [1.29, 1.82) is 0 Å². The van der Waals surface area contributed by atoms with Crippen molar-refractivity contribution in [3.8, 4) is 11.5 Å². The molecule has 1 N–H and O–H groups in total. The summed E-state index contributed by atoms with van der Waals surface area (Å²) in [5.41, 5.74) is 3.93. The molecule has 0 radical (unpaired) electrons. The largest absolute Gasteiger partial charge is 0.465 e. The highest BCUT2D eigenvalue weighted by molar-refractivity contribution is 7.99. The highest BCUT2D eigenvalue weighted by atomic mass is 32.2. The number of aromatic nitrogens is 3.